The standard InChI is InChI=1S/C25H21NO6/c1-14-5-8-17(12-15(14)2)23(29)21-22(19-4-3-11-32-19)26(25(31)24(21)30)18-9-6-16(7-10-18)13-20(27)28/h3-12,22,29H,13H2,1-2H3,(H,27,28)/b23-21-. The molecule has 0 saturated carbocycles. The van der Waals surface area contributed by atoms with Crippen molar-refractivity contribution in [1.82, 2.24) is 0 Å². The van der Waals surface area contributed by atoms with E-state index in [0.717, 1.165) is 11.1 Å². The molecule has 1 atom stereocenters. The van der Waals surface area contributed by atoms with Gasteiger partial charge in [0, 0.05) is 11.3 Å². The number of hydrogen-bond donors (Lipinski definition) is 2. The monoisotopic (exact) mass is 431 g/mol. The highest BCUT2D eigenvalue weighted by Crippen LogP contribution is 2.42. The molecule has 2 N–H and O–H groups in total. The molecule has 0 bridgehead atoms. The number of rotatable bonds is 5. The van der Waals surface area contributed by atoms with Crippen LogP contribution in [0.3, 0.4) is 0 Å². The highest BCUT2D eigenvalue weighted by molar-refractivity contribution is 6.51. The maximum Gasteiger partial charge on any atom is 0.307 e. The van der Waals surface area contributed by atoms with Gasteiger partial charge in [0.2, 0.25) is 0 Å². The Balaban J connectivity index is 1.85. The lowest BCUT2D eigenvalue weighted by Crippen LogP contribution is -2.29. The number of carboxylic acids is 1. The molecule has 1 amide bonds. The molecule has 1 unspecified atom stereocenters. The van der Waals surface area contributed by atoms with Crippen LogP contribution in [0.4, 0.5) is 5.69 Å². The van der Waals surface area contributed by atoms with E-state index in [1.54, 1.807) is 48.5 Å². The van der Waals surface area contributed by atoms with Gasteiger partial charge in [0.1, 0.15) is 17.6 Å². The summed E-state index contributed by atoms with van der Waals surface area (Å²) in [5.41, 5.74) is 3.28. The molecule has 4 rings (SSSR count). The van der Waals surface area contributed by atoms with Gasteiger partial charge in [-0.25, -0.2) is 0 Å². The first-order chi connectivity index (χ1) is 15.3. The average molecular weight is 431 g/mol. The van der Waals surface area contributed by atoms with Crippen molar-refractivity contribution in [3.8, 4) is 0 Å². The Morgan fingerprint density at radius 3 is 2.31 bits per heavy atom. The summed E-state index contributed by atoms with van der Waals surface area (Å²) in [6, 6.07) is 13.9. The maximum atomic E-state index is 13.0. The minimum atomic E-state index is -0.970. The van der Waals surface area contributed by atoms with E-state index in [0.29, 0.717) is 22.6 Å². The molecule has 1 aliphatic heterocycles. The molecule has 1 aliphatic rings. The predicted molar refractivity (Wildman–Crippen MR) is 117 cm³/mol. The summed E-state index contributed by atoms with van der Waals surface area (Å²) in [6.07, 6.45) is 1.27. The Kier molecular flexibility index (Phi) is 5.40. The minimum Gasteiger partial charge on any atom is -0.507 e. The molecule has 1 fully saturated rings. The number of benzene rings is 2. The summed E-state index contributed by atoms with van der Waals surface area (Å²) in [5.74, 6) is -2.55. The van der Waals surface area contributed by atoms with Gasteiger partial charge in [-0.05, 0) is 60.9 Å². The van der Waals surface area contributed by atoms with E-state index in [4.69, 9.17) is 9.52 Å². The SMILES string of the molecule is Cc1ccc(/C(O)=C2/C(=O)C(=O)N(c3ccc(CC(=O)O)cc3)C2c2ccco2)cc1C. The summed E-state index contributed by atoms with van der Waals surface area (Å²) < 4.78 is 5.53. The van der Waals surface area contributed by atoms with Crippen molar-refractivity contribution in [2.75, 3.05) is 4.90 Å². The second-order valence-electron chi connectivity index (χ2n) is 7.72. The second-order valence-corrected chi connectivity index (χ2v) is 7.72. The highest BCUT2D eigenvalue weighted by Gasteiger charge is 2.48. The Morgan fingerprint density at radius 2 is 1.72 bits per heavy atom. The van der Waals surface area contributed by atoms with E-state index in [-0.39, 0.29) is 17.8 Å². The zero-order valence-electron chi connectivity index (χ0n) is 17.5. The summed E-state index contributed by atoms with van der Waals surface area (Å²) in [4.78, 5) is 38.3. The van der Waals surface area contributed by atoms with E-state index in [1.807, 2.05) is 19.9 Å². The van der Waals surface area contributed by atoms with Gasteiger partial charge in [-0.1, -0.05) is 24.3 Å². The first-order valence-electron chi connectivity index (χ1n) is 10.0. The van der Waals surface area contributed by atoms with Crippen LogP contribution in [0.15, 0.2) is 70.9 Å². The van der Waals surface area contributed by atoms with Crippen molar-refractivity contribution >= 4 is 29.1 Å². The molecule has 1 aromatic heterocycles. The molecule has 2 aromatic carbocycles. The van der Waals surface area contributed by atoms with E-state index in [1.165, 1.54) is 11.2 Å². The summed E-state index contributed by atoms with van der Waals surface area (Å²) in [6.45, 7) is 3.84. The molecule has 7 nitrogen and oxygen atoms in total. The van der Waals surface area contributed by atoms with Gasteiger partial charge in [0.05, 0.1) is 18.3 Å². The van der Waals surface area contributed by atoms with Crippen LogP contribution in [-0.2, 0) is 20.8 Å². The van der Waals surface area contributed by atoms with Crippen molar-refractivity contribution in [1.29, 1.82) is 0 Å². The smallest absolute Gasteiger partial charge is 0.307 e. The van der Waals surface area contributed by atoms with Crippen molar-refractivity contribution in [3.63, 3.8) is 0 Å². The summed E-state index contributed by atoms with van der Waals surface area (Å²) in [5, 5.41) is 20.1. The number of ketones is 1. The highest BCUT2D eigenvalue weighted by atomic mass is 16.4. The van der Waals surface area contributed by atoms with E-state index >= 15 is 0 Å². The van der Waals surface area contributed by atoms with E-state index < -0.39 is 23.7 Å². The predicted octanol–water partition coefficient (Wildman–Crippen LogP) is 4.15. The number of aliphatic hydroxyl groups is 1. The number of carbonyl (C=O) groups excluding carboxylic acids is 2. The van der Waals surface area contributed by atoms with Crippen molar-refractivity contribution < 1.29 is 29.0 Å². The number of carbonyl (C=O) groups is 3. The molecule has 0 aliphatic carbocycles. The number of aryl methyl sites for hydroxylation is 2. The average Bonchev–Trinajstić information content (AvgIpc) is 3.37. The topological polar surface area (TPSA) is 108 Å². The summed E-state index contributed by atoms with van der Waals surface area (Å²) >= 11 is 0. The van der Waals surface area contributed by atoms with E-state index in [2.05, 4.69) is 0 Å². The number of nitrogens with zero attached hydrogens (tertiary/aromatic N) is 1. The first kappa shape index (κ1) is 21.1. The zero-order valence-corrected chi connectivity index (χ0v) is 17.5. The third-order valence-electron chi connectivity index (χ3n) is 5.61. The lowest BCUT2D eigenvalue weighted by Gasteiger charge is -2.23. The molecule has 32 heavy (non-hydrogen) atoms. The van der Waals surface area contributed by atoms with Crippen LogP contribution < -0.4 is 4.90 Å². The number of Topliss-reactive ketones (excluding diaryl/α,β-unsaturated/α-hetero) is 1. The van der Waals surface area contributed by atoms with Crippen molar-refractivity contribution in [2.45, 2.75) is 26.3 Å². The van der Waals surface area contributed by atoms with Gasteiger partial charge < -0.3 is 14.6 Å². The zero-order chi connectivity index (χ0) is 23.0. The van der Waals surface area contributed by atoms with Crippen LogP contribution in [0.2, 0.25) is 0 Å². The van der Waals surface area contributed by atoms with Crippen LogP contribution in [-0.4, -0.2) is 27.9 Å². The lowest BCUT2D eigenvalue weighted by atomic mass is 9.97. The lowest BCUT2D eigenvalue weighted by molar-refractivity contribution is -0.136. The van der Waals surface area contributed by atoms with Gasteiger partial charge in [0.25, 0.3) is 11.7 Å². The molecule has 7 heteroatoms. The number of amides is 1. The van der Waals surface area contributed by atoms with Crippen LogP contribution in [0.1, 0.15) is 34.1 Å². The fourth-order valence-corrected chi connectivity index (χ4v) is 3.81. The Morgan fingerprint density at radius 1 is 1.00 bits per heavy atom. The minimum absolute atomic E-state index is 0.0668. The third kappa shape index (κ3) is 3.69. The maximum absolute atomic E-state index is 13.0. The molecule has 1 saturated heterocycles. The summed E-state index contributed by atoms with van der Waals surface area (Å²) in [7, 11) is 0. The number of aliphatic hydroxyl groups excluding tert-OH is 1. The Bertz CT molecular complexity index is 1240. The van der Waals surface area contributed by atoms with Crippen molar-refractivity contribution in [3.05, 3.63) is 94.4 Å². The van der Waals surface area contributed by atoms with Crippen molar-refractivity contribution in [2.24, 2.45) is 0 Å². The molecule has 2 heterocycles. The molecule has 0 radical (unpaired) electrons. The van der Waals surface area contributed by atoms with Gasteiger partial charge in [0.15, 0.2) is 0 Å². The third-order valence-corrected chi connectivity index (χ3v) is 5.61. The van der Waals surface area contributed by atoms with Gasteiger partial charge in [-0.3, -0.25) is 19.3 Å². The molecule has 162 valence electrons. The second kappa shape index (κ2) is 8.19. The fourth-order valence-electron chi connectivity index (χ4n) is 3.81. The van der Waals surface area contributed by atoms with Gasteiger partial charge >= 0.3 is 5.97 Å². The normalized spacial score (nSPS) is 17.7. The van der Waals surface area contributed by atoms with Crippen LogP contribution in [0.5, 0.6) is 0 Å². The van der Waals surface area contributed by atoms with E-state index in [9.17, 15) is 19.5 Å². The molecule has 0 spiro atoms. The number of carboxylic acid groups (broad SMARTS) is 1. The number of hydrogen-bond acceptors (Lipinski definition) is 5. The molecule has 3 aromatic rings. The van der Waals surface area contributed by atoms with Gasteiger partial charge in [-0.15, -0.1) is 0 Å². The quantitative estimate of drug-likeness (QED) is 0.357. The number of aliphatic carboxylic acids is 1. The Hall–Kier alpha value is -4.13. The molecular formula is C25H21NO6. The van der Waals surface area contributed by atoms with Gasteiger partial charge in [-0.2, -0.15) is 0 Å². The molecular weight excluding hydrogens is 410 g/mol. The fraction of sp³-hybridized carbons (Fsp3) is 0.160. The van der Waals surface area contributed by atoms with Crippen LogP contribution >= 0.6 is 0 Å². The largest absolute Gasteiger partial charge is 0.507 e. The Labute approximate surface area is 184 Å². The first-order valence-corrected chi connectivity index (χ1v) is 10.0. The van der Waals surface area contributed by atoms with Crippen LogP contribution in [0, 0.1) is 13.8 Å². The van der Waals surface area contributed by atoms with Crippen LogP contribution in [0.25, 0.3) is 5.76 Å². The number of anilines is 1. The number of furan rings is 1.